The van der Waals surface area contributed by atoms with Gasteiger partial charge in [0.2, 0.25) is 0 Å². The van der Waals surface area contributed by atoms with Gasteiger partial charge < -0.3 is 14.7 Å². The Labute approximate surface area is 193 Å². The molecule has 2 aliphatic rings. The van der Waals surface area contributed by atoms with Crippen LogP contribution in [-0.4, -0.2) is 41.8 Å². The summed E-state index contributed by atoms with van der Waals surface area (Å²) in [6.45, 7) is 2.95. The average molecular weight is 442 g/mol. The first kappa shape index (κ1) is 21.3. The van der Waals surface area contributed by atoms with E-state index in [2.05, 4.69) is 24.3 Å². The van der Waals surface area contributed by atoms with Gasteiger partial charge in [-0.05, 0) is 47.6 Å². The van der Waals surface area contributed by atoms with Crippen molar-refractivity contribution >= 4 is 12.1 Å². The molecule has 0 spiro atoms. The van der Waals surface area contributed by atoms with Crippen molar-refractivity contribution in [1.29, 1.82) is 0 Å². The summed E-state index contributed by atoms with van der Waals surface area (Å²) in [6, 6.07) is 24.2. The third-order valence-electron chi connectivity index (χ3n) is 7.19. The zero-order chi connectivity index (χ0) is 23.0. The molecule has 0 unspecified atom stereocenters. The SMILES string of the molecule is Cc1cccc(C2(C(=O)O)CCN(C(=O)OCC3c4ccccc4-c4ccccc43)CC2)c1. The number of nitrogens with zero attached hydrogens (tertiary/aromatic N) is 1. The number of benzene rings is 3. The molecule has 5 rings (SSSR count). The van der Waals surface area contributed by atoms with Crippen LogP contribution in [0.15, 0.2) is 72.8 Å². The maximum absolute atomic E-state index is 12.9. The molecular formula is C28H27NO4. The van der Waals surface area contributed by atoms with E-state index in [4.69, 9.17) is 4.74 Å². The second-order valence-corrected chi connectivity index (χ2v) is 9.05. The predicted octanol–water partition coefficient (Wildman–Crippen LogP) is 5.36. The van der Waals surface area contributed by atoms with Crippen molar-refractivity contribution in [2.75, 3.05) is 19.7 Å². The Morgan fingerprint density at radius 1 is 0.939 bits per heavy atom. The van der Waals surface area contributed by atoms with E-state index in [1.165, 1.54) is 22.3 Å². The van der Waals surface area contributed by atoms with Crippen LogP contribution in [0.3, 0.4) is 0 Å². The summed E-state index contributed by atoms with van der Waals surface area (Å²) in [5.74, 6) is -0.822. The van der Waals surface area contributed by atoms with Crippen molar-refractivity contribution in [2.45, 2.75) is 31.1 Å². The fourth-order valence-corrected chi connectivity index (χ4v) is 5.33. The van der Waals surface area contributed by atoms with Gasteiger partial charge in [0, 0.05) is 19.0 Å². The average Bonchev–Trinajstić information content (AvgIpc) is 3.16. The van der Waals surface area contributed by atoms with E-state index in [1.54, 1.807) is 4.90 Å². The van der Waals surface area contributed by atoms with Crippen LogP contribution >= 0.6 is 0 Å². The first-order chi connectivity index (χ1) is 16.0. The summed E-state index contributed by atoms with van der Waals surface area (Å²) < 4.78 is 5.77. The maximum atomic E-state index is 12.9. The molecular weight excluding hydrogens is 414 g/mol. The fourth-order valence-electron chi connectivity index (χ4n) is 5.33. The van der Waals surface area contributed by atoms with Crippen LogP contribution in [-0.2, 0) is 14.9 Å². The van der Waals surface area contributed by atoms with E-state index in [-0.39, 0.29) is 18.6 Å². The van der Waals surface area contributed by atoms with E-state index >= 15 is 0 Å². The van der Waals surface area contributed by atoms with Crippen LogP contribution in [0.1, 0.15) is 41.0 Å². The van der Waals surface area contributed by atoms with Gasteiger partial charge in [0.05, 0.1) is 5.41 Å². The summed E-state index contributed by atoms with van der Waals surface area (Å²) in [5.41, 5.74) is 5.61. The number of carbonyl (C=O) groups excluding carboxylic acids is 1. The lowest BCUT2D eigenvalue weighted by molar-refractivity contribution is -0.145. The number of rotatable bonds is 4. The van der Waals surface area contributed by atoms with Crippen LogP contribution < -0.4 is 0 Å². The first-order valence-electron chi connectivity index (χ1n) is 11.4. The molecule has 5 nitrogen and oxygen atoms in total. The molecule has 1 fully saturated rings. The number of carboxylic acid groups (broad SMARTS) is 1. The minimum Gasteiger partial charge on any atom is -0.481 e. The number of fused-ring (bicyclic) bond motifs is 3. The third kappa shape index (κ3) is 3.67. The van der Waals surface area contributed by atoms with Crippen molar-refractivity contribution in [3.63, 3.8) is 0 Å². The van der Waals surface area contributed by atoms with Gasteiger partial charge in [-0.15, -0.1) is 0 Å². The van der Waals surface area contributed by atoms with Crippen molar-refractivity contribution in [1.82, 2.24) is 4.90 Å². The molecule has 0 bridgehead atoms. The number of carboxylic acids is 1. The Kier molecular flexibility index (Phi) is 5.41. The van der Waals surface area contributed by atoms with E-state index in [1.807, 2.05) is 55.5 Å². The number of hydrogen-bond donors (Lipinski definition) is 1. The van der Waals surface area contributed by atoms with E-state index in [0.29, 0.717) is 25.9 Å². The summed E-state index contributed by atoms with van der Waals surface area (Å²) >= 11 is 0. The Morgan fingerprint density at radius 2 is 1.55 bits per heavy atom. The Morgan fingerprint density at radius 3 is 2.12 bits per heavy atom. The monoisotopic (exact) mass is 441 g/mol. The summed E-state index contributed by atoms with van der Waals surface area (Å²) in [5, 5.41) is 10.1. The van der Waals surface area contributed by atoms with E-state index < -0.39 is 11.4 Å². The van der Waals surface area contributed by atoms with Gasteiger partial charge in [-0.1, -0.05) is 78.4 Å². The molecule has 3 aromatic rings. The largest absolute Gasteiger partial charge is 0.481 e. The predicted molar refractivity (Wildman–Crippen MR) is 126 cm³/mol. The van der Waals surface area contributed by atoms with Gasteiger partial charge in [0.15, 0.2) is 0 Å². The molecule has 0 atom stereocenters. The highest BCUT2D eigenvalue weighted by Gasteiger charge is 2.44. The molecule has 1 N–H and O–H groups in total. The molecule has 5 heteroatoms. The van der Waals surface area contributed by atoms with E-state index in [9.17, 15) is 14.7 Å². The van der Waals surface area contributed by atoms with Gasteiger partial charge in [-0.25, -0.2) is 4.79 Å². The van der Waals surface area contributed by atoms with Gasteiger partial charge in [-0.3, -0.25) is 4.79 Å². The Bertz CT molecular complexity index is 1160. The summed E-state index contributed by atoms with van der Waals surface area (Å²) in [7, 11) is 0. The molecule has 0 saturated carbocycles. The number of piperidine rings is 1. The zero-order valence-corrected chi connectivity index (χ0v) is 18.7. The highest BCUT2D eigenvalue weighted by molar-refractivity contribution is 5.82. The van der Waals surface area contributed by atoms with Crippen LogP contribution in [0.5, 0.6) is 0 Å². The molecule has 1 aliphatic carbocycles. The molecule has 1 aliphatic heterocycles. The first-order valence-corrected chi connectivity index (χ1v) is 11.4. The Balaban J connectivity index is 1.27. The number of hydrogen-bond acceptors (Lipinski definition) is 3. The molecule has 3 aromatic carbocycles. The minimum absolute atomic E-state index is 0.0107. The van der Waals surface area contributed by atoms with Crippen molar-refractivity contribution < 1.29 is 19.4 Å². The second kappa shape index (κ2) is 8.39. The number of likely N-dealkylation sites (tertiary alicyclic amines) is 1. The molecule has 168 valence electrons. The smallest absolute Gasteiger partial charge is 0.409 e. The van der Waals surface area contributed by atoms with Gasteiger partial charge in [0.25, 0.3) is 0 Å². The number of aryl methyl sites for hydroxylation is 1. The van der Waals surface area contributed by atoms with Gasteiger partial charge in [-0.2, -0.15) is 0 Å². The highest BCUT2D eigenvalue weighted by atomic mass is 16.6. The Hall–Kier alpha value is -3.60. The number of carbonyl (C=O) groups is 2. The standard InChI is InChI=1S/C28H27NO4/c1-19-7-6-8-20(17-19)28(26(30)31)13-15-29(16-14-28)27(32)33-18-25-23-11-4-2-9-21(23)22-10-3-5-12-24(22)25/h2-12,17,25H,13-16,18H2,1H3,(H,30,31). The van der Waals surface area contributed by atoms with Crippen LogP contribution in [0, 0.1) is 6.92 Å². The van der Waals surface area contributed by atoms with Crippen molar-refractivity contribution in [2.24, 2.45) is 0 Å². The molecule has 1 saturated heterocycles. The lowest BCUT2D eigenvalue weighted by Gasteiger charge is -2.39. The molecule has 1 amide bonds. The topological polar surface area (TPSA) is 66.8 Å². The van der Waals surface area contributed by atoms with Crippen molar-refractivity contribution in [3.05, 3.63) is 95.1 Å². The number of ether oxygens (including phenoxy) is 1. The van der Waals surface area contributed by atoms with Crippen molar-refractivity contribution in [3.8, 4) is 11.1 Å². The fraction of sp³-hybridized carbons (Fsp3) is 0.286. The van der Waals surface area contributed by atoms with Gasteiger partial charge >= 0.3 is 12.1 Å². The molecule has 0 radical (unpaired) electrons. The molecule has 1 heterocycles. The lowest BCUT2D eigenvalue weighted by atomic mass is 9.72. The molecule has 33 heavy (non-hydrogen) atoms. The summed E-state index contributed by atoms with van der Waals surface area (Å²) in [4.78, 5) is 26.8. The van der Waals surface area contributed by atoms with E-state index in [0.717, 1.165) is 11.1 Å². The third-order valence-corrected chi connectivity index (χ3v) is 7.19. The van der Waals surface area contributed by atoms with Gasteiger partial charge in [0.1, 0.15) is 6.61 Å². The summed E-state index contributed by atoms with van der Waals surface area (Å²) in [6.07, 6.45) is 0.367. The lowest BCUT2D eigenvalue weighted by Crippen LogP contribution is -2.49. The quantitative estimate of drug-likeness (QED) is 0.592. The molecule has 0 aromatic heterocycles. The second-order valence-electron chi connectivity index (χ2n) is 9.05. The van der Waals surface area contributed by atoms with Crippen LogP contribution in [0.4, 0.5) is 4.79 Å². The zero-order valence-electron chi connectivity index (χ0n) is 18.7. The highest BCUT2D eigenvalue weighted by Crippen LogP contribution is 2.44. The maximum Gasteiger partial charge on any atom is 0.409 e. The number of aliphatic carboxylic acids is 1. The van der Waals surface area contributed by atoms with Crippen LogP contribution in [0.25, 0.3) is 11.1 Å². The number of amides is 1. The van der Waals surface area contributed by atoms with Crippen LogP contribution in [0.2, 0.25) is 0 Å². The normalized spacial score (nSPS) is 16.7. The minimum atomic E-state index is -0.966.